The number of alkyl halides is 3. The minimum atomic E-state index is -4.92. The van der Waals surface area contributed by atoms with E-state index < -0.39 is 47.8 Å². The number of carbonyl (C=O) groups excluding carboxylic acids is 1. The topological polar surface area (TPSA) is 106 Å². The van der Waals surface area contributed by atoms with Crippen LogP contribution in [0.1, 0.15) is 32.9 Å². The number of imidazole rings is 1. The van der Waals surface area contributed by atoms with E-state index in [1.54, 1.807) is 6.92 Å². The van der Waals surface area contributed by atoms with Crippen LogP contribution in [0.4, 0.5) is 33.5 Å². The van der Waals surface area contributed by atoms with Gasteiger partial charge in [0, 0.05) is 21.6 Å². The fourth-order valence-electron chi connectivity index (χ4n) is 3.53. The van der Waals surface area contributed by atoms with Gasteiger partial charge in [-0.05, 0) is 55.7 Å². The predicted molar refractivity (Wildman–Crippen MR) is 117 cm³/mol. The van der Waals surface area contributed by atoms with Crippen LogP contribution < -0.4 is 11.1 Å². The molecule has 35 heavy (non-hydrogen) atoms. The van der Waals surface area contributed by atoms with Crippen molar-refractivity contribution < 1.29 is 36.0 Å². The second kappa shape index (κ2) is 8.62. The monoisotopic (exact) mass is 494 g/mol. The maximum absolute atomic E-state index is 15.2. The van der Waals surface area contributed by atoms with Gasteiger partial charge in [0.05, 0.1) is 11.3 Å². The van der Waals surface area contributed by atoms with Gasteiger partial charge < -0.3 is 16.2 Å². The molecule has 0 saturated heterocycles. The molecule has 0 saturated carbocycles. The number of nitrogens with two attached hydrogens (primary N) is 1. The Hall–Kier alpha value is -4.06. The lowest BCUT2D eigenvalue weighted by Crippen LogP contribution is -2.21. The summed E-state index contributed by atoms with van der Waals surface area (Å²) in [4.78, 5) is 20.6. The molecule has 7 nitrogen and oxygen atoms in total. The Kier molecular flexibility index (Phi) is 5.00. The average molecular weight is 494 g/mol. The first kappa shape index (κ1) is 20.3. The van der Waals surface area contributed by atoms with Gasteiger partial charge in [-0.2, -0.15) is 13.2 Å². The number of aliphatic hydroxyl groups excluding tert-OH is 1. The lowest BCUT2D eigenvalue weighted by Gasteiger charge is -2.15. The van der Waals surface area contributed by atoms with Crippen molar-refractivity contribution in [2.75, 3.05) is 11.1 Å². The van der Waals surface area contributed by atoms with Crippen molar-refractivity contribution in [1.82, 2.24) is 14.4 Å². The summed E-state index contributed by atoms with van der Waals surface area (Å²) < 4.78 is 92.1. The molecule has 0 bridgehead atoms. The summed E-state index contributed by atoms with van der Waals surface area (Å²) in [7, 11) is 0. The Morgan fingerprint density at radius 3 is 2.60 bits per heavy atom. The SMILES string of the molecule is [2H]C([2H])([2H])c1nc(-c2ccc(NC(=O)[C@@H](O)c3cc(F)cc(C(F)(F)F)c3)cc2F)c2c(N)nc(C)cn12. The van der Waals surface area contributed by atoms with E-state index in [1.807, 2.05) is 0 Å². The first-order valence-corrected chi connectivity index (χ1v) is 9.88. The molecule has 1 amide bonds. The number of nitrogen functional groups attached to an aromatic ring is 1. The van der Waals surface area contributed by atoms with Crippen LogP contribution in [0.5, 0.6) is 0 Å². The lowest BCUT2D eigenvalue weighted by molar-refractivity contribution is -0.138. The van der Waals surface area contributed by atoms with Crippen LogP contribution in [-0.4, -0.2) is 25.4 Å². The highest BCUT2D eigenvalue weighted by atomic mass is 19.4. The third-order valence-electron chi connectivity index (χ3n) is 5.07. The van der Waals surface area contributed by atoms with Crippen LogP contribution in [-0.2, 0) is 11.0 Å². The number of rotatable bonds is 4. The van der Waals surface area contributed by atoms with E-state index in [1.165, 1.54) is 16.7 Å². The number of hydrogen-bond acceptors (Lipinski definition) is 5. The highest BCUT2D eigenvalue weighted by Gasteiger charge is 2.32. The summed E-state index contributed by atoms with van der Waals surface area (Å²) in [5.41, 5.74) is 3.83. The highest BCUT2D eigenvalue weighted by Crippen LogP contribution is 2.33. The first-order chi connectivity index (χ1) is 17.6. The lowest BCUT2D eigenvalue weighted by atomic mass is 10.0. The van der Waals surface area contributed by atoms with Crippen LogP contribution in [0.2, 0.25) is 0 Å². The van der Waals surface area contributed by atoms with E-state index in [9.17, 15) is 27.5 Å². The van der Waals surface area contributed by atoms with Gasteiger partial charge in [-0.1, -0.05) is 0 Å². The number of hydrogen-bond donors (Lipinski definition) is 3. The predicted octanol–water partition coefficient (Wildman–Crippen LogP) is 4.56. The molecule has 0 aliphatic carbocycles. The number of aryl methyl sites for hydroxylation is 2. The molecule has 1 atom stereocenters. The Morgan fingerprint density at radius 2 is 1.94 bits per heavy atom. The summed E-state index contributed by atoms with van der Waals surface area (Å²) in [6, 6.07) is 4.37. The fraction of sp³-hybridized carbons (Fsp3) is 0.174. The Morgan fingerprint density at radius 1 is 1.20 bits per heavy atom. The normalized spacial score (nSPS) is 14.3. The molecule has 2 aromatic heterocycles. The van der Waals surface area contributed by atoms with Gasteiger partial charge in [0.15, 0.2) is 6.10 Å². The Balaban J connectivity index is 1.67. The molecule has 12 heteroatoms. The average Bonchev–Trinajstić information content (AvgIpc) is 3.17. The fourth-order valence-corrected chi connectivity index (χ4v) is 3.53. The van der Waals surface area contributed by atoms with Gasteiger partial charge in [0.25, 0.3) is 5.91 Å². The molecule has 4 aromatic rings. The summed E-state index contributed by atoms with van der Waals surface area (Å²) in [6.07, 6.45) is -5.74. The van der Waals surface area contributed by atoms with Gasteiger partial charge in [0.1, 0.15) is 34.5 Å². The van der Waals surface area contributed by atoms with Crippen molar-refractivity contribution in [2.24, 2.45) is 0 Å². The number of amides is 1. The van der Waals surface area contributed by atoms with Gasteiger partial charge in [-0.15, -0.1) is 0 Å². The third kappa shape index (κ3) is 4.64. The molecule has 2 heterocycles. The zero-order valence-corrected chi connectivity index (χ0v) is 17.8. The van der Waals surface area contributed by atoms with Crippen LogP contribution in [0.15, 0.2) is 42.6 Å². The zero-order valence-electron chi connectivity index (χ0n) is 20.8. The number of nitrogens with zero attached hydrogens (tertiary/aromatic N) is 3. The molecule has 182 valence electrons. The maximum atomic E-state index is 15.2. The molecule has 0 aliphatic heterocycles. The van der Waals surface area contributed by atoms with Crippen molar-refractivity contribution in [2.45, 2.75) is 26.1 Å². The number of halogens is 5. The molecular weight excluding hydrogens is 473 g/mol. The first-order valence-electron chi connectivity index (χ1n) is 11.4. The molecule has 4 N–H and O–H groups in total. The van der Waals surface area contributed by atoms with Gasteiger partial charge >= 0.3 is 6.18 Å². The van der Waals surface area contributed by atoms with Gasteiger partial charge in [-0.25, -0.2) is 18.7 Å². The molecular formula is C23H18F5N5O2. The summed E-state index contributed by atoms with van der Waals surface area (Å²) in [5.74, 6) is -4.02. The molecule has 0 spiro atoms. The van der Waals surface area contributed by atoms with Crippen molar-refractivity contribution in [3.63, 3.8) is 0 Å². The molecule has 0 aliphatic rings. The highest BCUT2D eigenvalue weighted by molar-refractivity contribution is 5.95. The Bertz CT molecular complexity index is 1570. The van der Waals surface area contributed by atoms with Crippen molar-refractivity contribution in [3.8, 4) is 11.3 Å². The van der Waals surface area contributed by atoms with Crippen LogP contribution in [0, 0.1) is 25.4 Å². The van der Waals surface area contributed by atoms with E-state index in [2.05, 4.69) is 15.3 Å². The molecule has 0 unspecified atom stereocenters. The van der Waals surface area contributed by atoms with Crippen LogP contribution in [0.25, 0.3) is 16.8 Å². The maximum Gasteiger partial charge on any atom is 0.416 e. The quantitative estimate of drug-likeness (QED) is 0.361. The summed E-state index contributed by atoms with van der Waals surface area (Å²) in [6.45, 7) is -1.09. The standard InChI is InChI=1S/C23H18F5N5O2/c1-10-9-33-11(2)31-18(19(33)21(29)30-10)16-4-3-15(8-17(16)25)32-22(35)20(34)12-5-13(23(26,27)28)7-14(24)6-12/h3-9,20,34H,1-2H3,(H2,29,30)(H,32,35)/t20-/m0/s1/i2D3. The summed E-state index contributed by atoms with van der Waals surface area (Å²) in [5, 5.41) is 12.3. The van der Waals surface area contributed by atoms with E-state index in [0.717, 1.165) is 12.1 Å². The largest absolute Gasteiger partial charge is 0.416 e. The molecule has 0 radical (unpaired) electrons. The third-order valence-corrected chi connectivity index (χ3v) is 5.07. The number of benzene rings is 2. The van der Waals surface area contributed by atoms with Crippen LogP contribution >= 0.6 is 0 Å². The number of carbonyl (C=O) groups is 1. The van der Waals surface area contributed by atoms with Gasteiger partial charge in [-0.3, -0.25) is 9.20 Å². The number of aliphatic hydroxyl groups is 1. The zero-order chi connectivity index (χ0) is 28.2. The number of nitrogens with one attached hydrogen (secondary N) is 1. The Labute approximate surface area is 199 Å². The second-order valence-corrected chi connectivity index (χ2v) is 7.63. The van der Waals surface area contributed by atoms with E-state index in [0.29, 0.717) is 17.8 Å². The minimum absolute atomic E-state index is 0.0411. The van der Waals surface area contributed by atoms with Gasteiger partial charge in [0.2, 0.25) is 0 Å². The number of fused-ring (bicyclic) bond motifs is 1. The number of anilines is 2. The molecule has 2 aromatic carbocycles. The van der Waals surface area contributed by atoms with Crippen molar-refractivity contribution in [3.05, 3.63) is 76.9 Å². The molecule has 4 rings (SSSR count). The second-order valence-electron chi connectivity index (χ2n) is 7.63. The van der Waals surface area contributed by atoms with E-state index in [-0.39, 0.29) is 40.2 Å². The van der Waals surface area contributed by atoms with E-state index >= 15 is 4.39 Å². The molecule has 0 fully saturated rings. The van der Waals surface area contributed by atoms with Crippen molar-refractivity contribution in [1.29, 1.82) is 0 Å². The van der Waals surface area contributed by atoms with E-state index in [4.69, 9.17) is 9.85 Å². The number of aromatic nitrogens is 3. The smallest absolute Gasteiger partial charge is 0.382 e. The van der Waals surface area contributed by atoms with Crippen molar-refractivity contribution >= 4 is 22.9 Å². The summed E-state index contributed by atoms with van der Waals surface area (Å²) >= 11 is 0. The van der Waals surface area contributed by atoms with Crippen LogP contribution in [0.3, 0.4) is 0 Å². The minimum Gasteiger partial charge on any atom is -0.382 e.